The normalized spacial score (nSPS) is 14.2. The number of hydrogen-bond acceptors (Lipinski definition) is 7. The molecule has 7 nitrogen and oxygen atoms in total. The van der Waals surface area contributed by atoms with E-state index in [1.54, 1.807) is 0 Å². The molecular weight excluding hydrogens is 360 g/mol. The third kappa shape index (κ3) is 3.45. The first-order valence-electron chi connectivity index (χ1n) is 8.79. The Hall–Kier alpha value is -3.28. The van der Waals surface area contributed by atoms with Crippen molar-refractivity contribution >= 4 is 18.0 Å². The molecule has 0 fully saturated rings. The first kappa shape index (κ1) is 19.5. The van der Waals surface area contributed by atoms with Crippen molar-refractivity contribution in [3.8, 4) is 11.1 Å². The number of ether oxygens (including phenoxy) is 2. The molecule has 1 unspecified atom stereocenters. The average Bonchev–Trinajstić information content (AvgIpc) is 3.05. The molecule has 0 bridgehead atoms. The van der Waals surface area contributed by atoms with E-state index in [1.165, 1.54) is 6.08 Å². The third-order valence-electron chi connectivity index (χ3n) is 4.94. The minimum atomic E-state index is -2.03. The van der Waals surface area contributed by atoms with E-state index in [-0.39, 0.29) is 25.5 Å². The van der Waals surface area contributed by atoms with Gasteiger partial charge in [-0.2, -0.15) is 0 Å². The molecule has 0 radical (unpaired) electrons. The highest BCUT2D eigenvalue weighted by Gasteiger charge is 2.45. The highest BCUT2D eigenvalue weighted by Crippen LogP contribution is 2.44. The second-order valence-electron chi connectivity index (χ2n) is 6.51. The molecule has 0 aromatic heterocycles. The van der Waals surface area contributed by atoms with Crippen LogP contribution in [0, 0.1) is 0 Å². The number of carbonyl (C=O) groups is 2. The summed E-state index contributed by atoms with van der Waals surface area (Å²) in [6.07, 6.45) is 1.13. The number of rotatable bonds is 7. The SMILES string of the molecule is COC(=O)C(N)(CCN=C=O)C(=O)OCC1c2ccccc2-c2ccccc21. The Morgan fingerprint density at radius 1 is 1.07 bits per heavy atom. The molecule has 3 rings (SSSR count). The largest absolute Gasteiger partial charge is 0.467 e. The van der Waals surface area contributed by atoms with E-state index in [0.717, 1.165) is 29.4 Å². The number of esters is 2. The lowest BCUT2D eigenvalue weighted by Crippen LogP contribution is -2.57. The van der Waals surface area contributed by atoms with Gasteiger partial charge in [0.2, 0.25) is 11.6 Å². The third-order valence-corrected chi connectivity index (χ3v) is 4.94. The monoisotopic (exact) mass is 380 g/mol. The van der Waals surface area contributed by atoms with Crippen LogP contribution in [0.1, 0.15) is 23.5 Å². The Morgan fingerprint density at radius 3 is 2.18 bits per heavy atom. The van der Waals surface area contributed by atoms with Crippen LogP contribution in [0.4, 0.5) is 0 Å². The standard InChI is InChI=1S/C21H20N2O5/c1-27-19(25)21(22,10-11-23-13-24)20(26)28-12-18-16-8-4-2-6-14(16)15-7-3-5-9-17(15)18/h2-9,18H,10-12,22H2,1H3. The number of hydrogen-bond donors (Lipinski definition) is 1. The molecule has 0 spiro atoms. The second-order valence-corrected chi connectivity index (χ2v) is 6.51. The lowest BCUT2D eigenvalue weighted by Gasteiger charge is -2.24. The summed E-state index contributed by atoms with van der Waals surface area (Å²) in [5, 5.41) is 0. The van der Waals surface area contributed by atoms with Crippen LogP contribution in [-0.4, -0.2) is 43.8 Å². The van der Waals surface area contributed by atoms with Crippen molar-refractivity contribution in [3.63, 3.8) is 0 Å². The topological polar surface area (TPSA) is 108 Å². The van der Waals surface area contributed by atoms with Gasteiger partial charge in [0, 0.05) is 12.3 Å². The van der Waals surface area contributed by atoms with Gasteiger partial charge >= 0.3 is 11.9 Å². The number of carbonyl (C=O) groups excluding carboxylic acids is 3. The first-order valence-corrected chi connectivity index (χ1v) is 8.79. The molecule has 2 aromatic carbocycles. The molecule has 0 amide bonds. The van der Waals surface area contributed by atoms with E-state index in [1.807, 2.05) is 48.5 Å². The molecule has 144 valence electrons. The molecule has 0 aliphatic heterocycles. The van der Waals surface area contributed by atoms with Gasteiger partial charge in [-0.25, -0.2) is 19.4 Å². The zero-order chi connectivity index (χ0) is 20.1. The number of nitrogens with zero attached hydrogens (tertiary/aromatic N) is 1. The highest BCUT2D eigenvalue weighted by molar-refractivity contribution is 6.04. The number of fused-ring (bicyclic) bond motifs is 3. The number of nitrogens with two attached hydrogens (primary N) is 1. The fourth-order valence-electron chi connectivity index (χ4n) is 3.47. The van der Waals surface area contributed by atoms with Crippen LogP contribution in [0.3, 0.4) is 0 Å². The van der Waals surface area contributed by atoms with Crippen molar-refractivity contribution in [1.29, 1.82) is 0 Å². The minimum Gasteiger partial charge on any atom is -0.467 e. The van der Waals surface area contributed by atoms with Crippen LogP contribution in [-0.2, 0) is 23.9 Å². The number of isocyanates is 1. The van der Waals surface area contributed by atoms with Crippen LogP contribution in [0.5, 0.6) is 0 Å². The van der Waals surface area contributed by atoms with Gasteiger partial charge in [-0.3, -0.25) is 0 Å². The quantitative estimate of drug-likeness (QED) is 0.340. The maximum Gasteiger partial charge on any atom is 0.337 e. The van der Waals surface area contributed by atoms with Crippen molar-refractivity contribution in [2.45, 2.75) is 17.9 Å². The molecule has 1 aliphatic rings. The van der Waals surface area contributed by atoms with E-state index in [9.17, 15) is 14.4 Å². The average molecular weight is 380 g/mol. The Morgan fingerprint density at radius 2 is 1.64 bits per heavy atom. The summed E-state index contributed by atoms with van der Waals surface area (Å²) < 4.78 is 10.1. The zero-order valence-electron chi connectivity index (χ0n) is 15.4. The van der Waals surface area contributed by atoms with E-state index in [0.29, 0.717) is 0 Å². The first-order chi connectivity index (χ1) is 13.5. The molecule has 2 aromatic rings. The van der Waals surface area contributed by atoms with Gasteiger partial charge in [0.15, 0.2) is 0 Å². The molecule has 2 N–H and O–H groups in total. The van der Waals surface area contributed by atoms with Crippen LogP contribution < -0.4 is 5.73 Å². The van der Waals surface area contributed by atoms with E-state index >= 15 is 0 Å². The maximum atomic E-state index is 12.7. The van der Waals surface area contributed by atoms with Crippen molar-refractivity contribution in [2.24, 2.45) is 10.7 Å². The van der Waals surface area contributed by atoms with Crippen LogP contribution in [0.25, 0.3) is 11.1 Å². The maximum absolute atomic E-state index is 12.7. The van der Waals surface area contributed by atoms with E-state index < -0.39 is 17.5 Å². The van der Waals surface area contributed by atoms with Crippen LogP contribution in [0.15, 0.2) is 53.5 Å². The van der Waals surface area contributed by atoms with Gasteiger partial charge in [0.25, 0.3) is 0 Å². The Balaban J connectivity index is 1.81. The van der Waals surface area contributed by atoms with Crippen molar-refractivity contribution in [1.82, 2.24) is 0 Å². The van der Waals surface area contributed by atoms with Gasteiger partial charge in [-0.05, 0) is 22.3 Å². The highest BCUT2D eigenvalue weighted by atomic mass is 16.6. The summed E-state index contributed by atoms with van der Waals surface area (Å²) in [6.45, 7) is -0.112. The lowest BCUT2D eigenvalue weighted by atomic mass is 9.95. The summed E-state index contributed by atoms with van der Waals surface area (Å²) in [5.41, 5.74) is 8.20. The van der Waals surface area contributed by atoms with Crippen molar-refractivity contribution < 1.29 is 23.9 Å². The fourth-order valence-corrected chi connectivity index (χ4v) is 3.47. The number of methoxy groups -OCH3 is 1. The Bertz CT molecular complexity index is 906. The summed E-state index contributed by atoms with van der Waals surface area (Å²) in [7, 11) is 1.13. The summed E-state index contributed by atoms with van der Waals surface area (Å²) in [4.78, 5) is 38.3. The van der Waals surface area contributed by atoms with Gasteiger partial charge in [0.05, 0.1) is 13.7 Å². The van der Waals surface area contributed by atoms with Crippen molar-refractivity contribution in [2.75, 3.05) is 20.3 Å². The van der Waals surface area contributed by atoms with Crippen LogP contribution >= 0.6 is 0 Å². The number of aliphatic imine (C=N–C) groups is 1. The van der Waals surface area contributed by atoms with Gasteiger partial charge in [0.1, 0.15) is 6.61 Å². The summed E-state index contributed by atoms with van der Waals surface area (Å²) >= 11 is 0. The summed E-state index contributed by atoms with van der Waals surface area (Å²) in [5.74, 6) is -2.01. The van der Waals surface area contributed by atoms with Crippen LogP contribution in [0.2, 0.25) is 0 Å². The van der Waals surface area contributed by atoms with Gasteiger partial charge in [-0.15, -0.1) is 0 Å². The predicted molar refractivity (Wildman–Crippen MR) is 101 cm³/mol. The van der Waals surface area contributed by atoms with E-state index in [2.05, 4.69) is 9.73 Å². The molecule has 0 saturated heterocycles. The fraction of sp³-hybridized carbons (Fsp3) is 0.286. The molecule has 28 heavy (non-hydrogen) atoms. The molecule has 0 saturated carbocycles. The molecule has 0 heterocycles. The second kappa shape index (κ2) is 8.17. The molecule has 7 heteroatoms. The van der Waals surface area contributed by atoms with E-state index in [4.69, 9.17) is 10.5 Å². The number of benzene rings is 2. The molecule has 1 aliphatic carbocycles. The summed E-state index contributed by atoms with van der Waals surface area (Å²) in [6, 6.07) is 15.8. The Kier molecular flexibility index (Phi) is 5.68. The smallest absolute Gasteiger partial charge is 0.337 e. The molecule has 1 atom stereocenters. The van der Waals surface area contributed by atoms with Gasteiger partial charge < -0.3 is 15.2 Å². The molecular formula is C21H20N2O5. The lowest BCUT2D eigenvalue weighted by molar-refractivity contribution is -0.163. The Labute approximate surface area is 162 Å². The predicted octanol–water partition coefficient (Wildman–Crippen LogP) is 1.94. The zero-order valence-corrected chi connectivity index (χ0v) is 15.4. The van der Waals surface area contributed by atoms with Crippen molar-refractivity contribution in [3.05, 3.63) is 59.7 Å². The van der Waals surface area contributed by atoms with Gasteiger partial charge in [-0.1, -0.05) is 48.5 Å². The minimum absolute atomic E-state index is 0.0275.